The van der Waals surface area contributed by atoms with Gasteiger partial charge in [0.05, 0.1) is 5.56 Å². The number of amides is 1. The number of nitrogens with zero attached hydrogens (tertiary/aromatic N) is 1. The molecule has 2 aromatic carbocycles. The number of rotatable bonds is 5. The molecule has 110 valence electrons. The second kappa shape index (κ2) is 7.76. The van der Waals surface area contributed by atoms with Crippen molar-refractivity contribution in [2.75, 3.05) is 11.9 Å². The van der Waals surface area contributed by atoms with Gasteiger partial charge in [-0.3, -0.25) is 4.79 Å². The molecule has 0 aliphatic heterocycles. The number of hydrogen-bond donors (Lipinski definition) is 0. The molecule has 0 aliphatic rings. The summed E-state index contributed by atoms with van der Waals surface area (Å²) in [4.78, 5) is 14.6. The molecule has 0 aliphatic carbocycles. The van der Waals surface area contributed by atoms with Crippen LogP contribution in [0.1, 0.15) is 21.5 Å². The van der Waals surface area contributed by atoms with Crippen LogP contribution < -0.4 is 0 Å². The Labute approximate surface area is 142 Å². The van der Waals surface area contributed by atoms with E-state index in [1.54, 1.807) is 0 Å². The monoisotopic (exact) mass is 409 g/mol. The first-order chi connectivity index (χ1) is 10.1. The highest BCUT2D eigenvalue weighted by Gasteiger charge is 2.18. The van der Waals surface area contributed by atoms with Crippen LogP contribution in [0.15, 0.2) is 53.0 Å². The Morgan fingerprint density at radius 2 is 1.86 bits per heavy atom. The average molecular weight is 411 g/mol. The highest BCUT2D eigenvalue weighted by Crippen LogP contribution is 2.21. The fourth-order valence-corrected chi connectivity index (χ4v) is 3.21. The molecule has 4 heteroatoms. The van der Waals surface area contributed by atoms with Gasteiger partial charge in [-0.15, -0.1) is 0 Å². The largest absolute Gasteiger partial charge is 0.333 e. The van der Waals surface area contributed by atoms with Crippen LogP contribution in [0.25, 0.3) is 0 Å². The molecule has 0 saturated carbocycles. The second-order valence-corrected chi connectivity index (χ2v) is 6.53. The first kappa shape index (κ1) is 16.2. The van der Waals surface area contributed by atoms with Gasteiger partial charge in [-0.05, 0) is 46.1 Å². The van der Waals surface area contributed by atoms with Crippen LogP contribution in [-0.2, 0) is 6.54 Å². The van der Waals surface area contributed by atoms with E-state index in [0.29, 0.717) is 18.7 Å². The molecule has 0 fully saturated rings. The third-order valence-electron chi connectivity index (χ3n) is 3.21. The van der Waals surface area contributed by atoms with Gasteiger partial charge < -0.3 is 4.90 Å². The zero-order valence-electron chi connectivity index (χ0n) is 11.9. The summed E-state index contributed by atoms with van der Waals surface area (Å²) in [5.41, 5.74) is 2.97. The molecule has 0 saturated heterocycles. The van der Waals surface area contributed by atoms with E-state index in [4.69, 9.17) is 0 Å². The molecule has 2 rings (SSSR count). The average Bonchev–Trinajstić information content (AvgIpc) is 2.47. The molecule has 0 heterocycles. The molecule has 0 spiro atoms. The Balaban J connectivity index is 2.23. The predicted octanol–water partition coefficient (Wildman–Crippen LogP) is 4.79. The smallest absolute Gasteiger partial charge is 0.255 e. The lowest BCUT2D eigenvalue weighted by atomic mass is 10.1. The van der Waals surface area contributed by atoms with Gasteiger partial charge >= 0.3 is 0 Å². The Bertz CT molecular complexity index is 613. The summed E-state index contributed by atoms with van der Waals surface area (Å²) in [7, 11) is 0. The van der Waals surface area contributed by atoms with E-state index in [0.717, 1.165) is 20.9 Å². The van der Waals surface area contributed by atoms with Gasteiger partial charge in [0.1, 0.15) is 0 Å². The van der Waals surface area contributed by atoms with Crippen LogP contribution in [-0.4, -0.2) is 22.7 Å². The summed E-state index contributed by atoms with van der Waals surface area (Å²) in [6, 6.07) is 15.9. The Morgan fingerprint density at radius 3 is 2.48 bits per heavy atom. The van der Waals surface area contributed by atoms with Crippen LogP contribution >= 0.6 is 31.9 Å². The standard InChI is InChI=1S/C17H17Br2NO/c1-13-7-8-15(16(19)11-13)17(21)20(10-9-18)12-14-5-3-2-4-6-14/h2-8,11H,9-10,12H2,1H3. The van der Waals surface area contributed by atoms with Crippen molar-refractivity contribution in [3.8, 4) is 0 Å². The van der Waals surface area contributed by atoms with Crippen LogP contribution in [0.3, 0.4) is 0 Å². The Morgan fingerprint density at radius 1 is 1.14 bits per heavy atom. The summed E-state index contributed by atoms with van der Waals surface area (Å²) in [6.45, 7) is 3.30. The number of benzene rings is 2. The van der Waals surface area contributed by atoms with E-state index < -0.39 is 0 Å². The third kappa shape index (κ3) is 4.42. The minimum atomic E-state index is 0.0465. The number of aryl methyl sites for hydroxylation is 1. The minimum absolute atomic E-state index is 0.0465. The first-order valence-corrected chi connectivity index (χ1v) is 8.68. The van der Waals surface area contributed by atoms with Crippen molar-refractivity contribution in [3.63, 3.8) is 0 Å². The van der Waals surface area contributed by atoms with Crippen molar-refractivity contribution in [2.45, 2.75) is 13.5 Å². The van der Waals surface area contributed by atoms with Gasteiger partial charge in [0, 0.05) is 22.9 Å². The van der Waals surface area contributed by atoms with Gasteiger partial charge in [-0.25, -0.2) is 0 Å². The lowest BCUT2D eigenvalue weighted by Gasteiger charge is -2.22. The van der Waals surface area contributed by atoms with Gasteiger partial charge in [0.2, 0.25) is 0 Å². The summed E-state index contributed by atoms with van der Waals surface area (Å²) in [5, 5.41) is 0.759. The molecular formula is C17H17Br2NO. The topological polar surface area (TPSA) is 20.3 Å². The second-order valence-electron chi connectivity index (χ2n) is 4.88. The Kier molecular flexibility index (Phi) is 6.00. The zero-order valence-corrected chi connectivity index (χ0v) is 15.0. The maximum Gasteiger partial charge on any atom is 0.255 e. The fourth-order valence-electron chi connectivity index (χ4n) is 2.12. The van der Waals surface area contributed by atoms with Crippen LogP contribution in [0.5, 0.6) is 0 Å². The molecule has 0 radical (unpaired) electrons. The molecule has 0 aromatic heterocycles. The summed E-state index contributed by atoms with van der Waals surface area (Å²) < 4.78 is 0.847. The lowest BCUT2D eigenvalue weighted by Crippen LogP contribution is -2.32. The third-order valence-corrected chi connectivity index (χ3v) is 4.22. The summed E-state index contributed by atoms with van der Waals surface area (Å²) >= 11 is 6.92. The van der Waals surface area contributed by atoms with E-state index in [-0.39, 0.29) is 5.91 Å². The van der Waals surface area contributed by atoms with Crippen LogP contribution in [0.2, 0.25) is 0 Å². The van der Waals surface area contributed by atoms with Crippen LogP contribution in [0.4, 0.5) is 0 Å². The van der Waals surface area contributed by atoms with Gasteiger partial charge in [0.15, 0.2) is 0 Å². The molecule has 21 heavy (non-hydrogen) atoms. The predicted molar refractivity (Wildman–Crippen MR) is 93.9 cm³/mol. The number of carbonyl (C=O) groups is 1. The summed E-state index contributed by atoms with van der Waals surface area (Å²) in [6.07, 6.45) is 0. The number of alkyl halides is 1. The minimum Gasteiger partial charge on any atom is -0.333 e. The maximum atomic E-state index is 12.7. The van der Waals surface area contributed by atoms with Crippen molar-refractivity contribution < 1.29 is 4.79 Å². The molecule has 0 N–H and O–H groups in total. The molecule has 0 atom stereocenters. The molecule has 2 nitrogen and oxygen atoms in total. The Hall–Kier alpha value is -1.13. The van der Waals surface area contributed by atoms with E-state index in [1.807, 2.05) is 60.4 Å². The number of halogens is 2. The van der Waals surface area contributed by atoms with E-state index in [2.05, 4.69) is 31.9 Å². The number of hydrogen-bond acceptors (Lipinski definition) is 1. The SMILES string of the molecule is Cc1ccc(C(=O)N(CCBr)Cc2ccccc2)c(Br)c1. The van der Waals surface area contributed by atoms with Gasteiger partial charge in [-0.2, -0.15) is 0 Å². The maximum absolute atomic E-state index is 12.7. The molecule has 0 bridgehead atoms. The normalized spacial score (nSPS) is 10.4. The van der Waals surface area contributed by atoms with Crippen molar-refractivity contribution in [3.05, 3.63) is 69.7 Å². The summed E-state index contributed by atoms with van der Waals surface area (Å²) in [5.74, 6) is 0.0465. The van der Waals surface area contributed by atoms with Crippen molar-refractivity contribution in [2.24, 2.45) is 0 Å². The molecule has 1 amide bonds. The zero-order chi connectivity index (χ0) is 15.2. The van der Waals surface area contributed by atoms with E-state index in [9.17, 15) is 4.79 Å². The first-order valence-electron chi connectivity index (χ1n) is 6.77. The van der Waals surface area contributed by atoms with Gasteiger partial charge in [0.25, 0.3) is 5.91 Å². The van der Waals surface area contributed by atoms with Crippen molar-refractivity contribution >= 4 is 37.8 Å². The fraction of sp³-hybridized carbons (Fsp3) is 0.235. The molecule has 2 aromatic rings. The quantitative estimate of drug-likeness (QED) is 0.648. The highest BCUT2D eigenvalue weighted by atomic mass is 79.9. The highest BCUT2D eigenvalue weighted by molar-refractivity contribution is 9.10. The van der Waals surface area contributed by atoms with Crippen molar-refractivity contribution in [1.29, 1.82) is 0 Å². The molecular weight excluding hydrogens is 394 g/mol. The number of carbonyl (C=O) groups excluding carboxylic acids is 1. The van der Waals surface area contributed by atoms with Crippen molar-refractivity contribution in [1.82, 2.24) is 4.90 Å². The lowest BCUT2D eigenvalue weighted by molar-refractivity contribution is 0.0754. The van der Waals surface area contributed by atoms with Crippen LogP contribution in [0, 0.1) is 6.92 Å². The van der Waals surface area contributed by atoms with E-state index in [1.165, 1.54) is 0 Å². The molecule has 0 unspecified atom stereocenters. The van der Waals surface area contributed by atoms with Gasteiger partial charge in [-0.1, -0.05) is 52.3 Å². The van der Waals surface area contributed by atoms with E-state index >= 15 is 0 Å².